The molecule has 1 heterocycles. The average Bonchev–Trinajstić information content (AvgIpc) is 3.26. The van der Waals surface area contributed by atoms with Gasteiger partial charge in [0.2, 0.25) is 0 Å². The van der Waals surface area contributed by atoms with Gasteiger partial charge in [0, 0.05) is 31.7 Å². The predicted molar refractivity (Wildman–Crippen MR) is 93.2 cm³/mol. The molecular formula is C18H34N4. The third-order valence-electron chi connectivity index (χ3n) is 5.59. The number of likely N-dealkylation sites (tertiary alicyclic amines) is 1. The van der Waals surface area contributed by atoms with Crippen molar-refractivity contribution >= 4 is 5.96 Å². The number of aliphatic imine (C=N–C) groups is 1. The molecule has 2 aliphatic carbocycles. The van der Waals surface area contributed by atoms with Crippen LogP contribution in [-0.2, 0) is 0 Å². The van der Waals surface area contributed by atoms with Crippen molar-refractivity contribution in [3.8, 4) is 0 Å². The minimum atomic E-state index is 0.626. The van der Waals surface area contributed by atoms with Gasteiger partial charge in [-0.2, -0.15) is 0 Å². The molecule has 0 aromatic rings. The third kappa shape index (κ3) is 4.61. The van der Waals surface area contributed by atoms with E-state index in [9.17, 15) is 0 Å². The highest BCUT2D eigenvalue weighted by Gasteiger charge is 2.34. The Balaban J connectivity index is 1.45. The molecule has 2 saturated carbocycles. The van der Waals surface area contributed by atoms with Crippen LogP contribution in [-0.4, -0.2) is 49.1 Å². The number of hydrogen-bond acceptors (Lipinski definition) is 2. The fourth-order valence-corrected chi connectivity index (χ4v) is 3.92. The first-order valence-corrected chi connectivity index (χ1v) is 9.53. The standard InChI is InChI=1S/C18H34N4/c1-3-19-18(21-16-6-4-14(2)5-7-16)20-12-15-10-11-22(13-15)17-8-9-17/h14-17H,3-13H2,1-2H3,(H2,19,20,21). The van der Waals surface area contributed by atoms with Gasteiger partial charge in [-0.05, 0) is 70.3 Å². The van der Waals surface area contributed by atoms with Crippen LogP contribution < -0.4 is 10.6 Å². The zero-order valence-corrected chi connectivity index (χ0v) is 14.5. The second-order valence-corrected chi connectivity index (χ2v) is 7.70. The summed E-state index contributed by atoms with van der Waals surface area (Å²) in [6.07, 6.45) is 9.50. The van der Waals surface area contributed by atoms with E-state index in [1.807, 2.05) is 0 Å². The largest absolute Gasteiger partial charge is 0.357 e. The molecule has 1 saturated heterocycles. The summed E-state index contributed by atoms with van der Waals surface area (Å²) in [6.45, 7) is 9.05. The van der Waals surface area contributed by atoms with Crippen LogP contribution in [0.15, 0.2) is 4.99 Å². The molecule has 0 aromatic carbocycles. The van der Waals surface area contributed by atoms with Crippen LogP contribution in [0.2, 0.25) is 0 Å². The summed E-state index contributed by atoms with van der Waals surface area (Å²) in [4.78, 5) is 7.57. The van der Waals surface area contributed by atoms with Gasteiger partial charge < -0.3 is 15.5 Å². The van der Waals surface area contributed by atoms with Gasteiger partial charge in [-0.15, -0.1) is 0 Å². The normalized spacial score (nSPS) is 33.9. The van der Waals surface area contributed by atoms with Crippen molar-refractivity contribution < 1.29 is 0 Å². The van der Waals surface area contributed by atoms with E-state index in [4.69, 9.17) is 4.99 Å². The molecule has 4 nitrogen and oxygen atoms in total. The molecule has 3 aliphatic rings. The van der Waals surface area contributed by atoms with Crippen molar-refractivity contribution in [1.82, 2.24) is 15.5 Å². The first kappa shape index (κ1) is 16.1. The Morgan fingerprint density at radius 1 is 1.09 bits per heavy atom. The Kier molecular flexibility index (Phi) is 5.61. The Morgan fingerprint density at radius 2 is 1.86 bits per heavy atom. The molecule has 1 unspecified atom stereocenters. The summed E-state index contributed by atoms with van der Waals surface area (Å²) in [7, 11) is 0. The van der Waals surface area contributed by atoms with Crippen LogP contribution in [0.25, 0.3) is 0 Å². The molecule has 2 N–H and O–H groups in total. The Bertz CT molecular complexity index is 369. The molecule has 1 atom stereocenters. The average molecular weight is 306 g/mol. The van der Waals surface area contributed by atoms with Gasteiger partial charge in [0.1, 0.15) is 0 Å². The molecule has 0 amide bonds. The highest BCUT2D eigenvalue weighted by atomic mass is 15.2. The van der Waals surface area contributed by atoms with Crippen LogP contribution in [0.4, 0.5) is 0 Å². The molecule has 22 heavy (non-hydrogen) atoms. The van der Waals surface area contributed by atoms with Crippen LogP contribution in [0.3, 0.4) is 0 Å². The zero-order chi connectivity index (χ0) is 15.4. The van der Waals surface area contributed by atoms with Gasteiger partial charge in [-0.1, -0.05) is 6.92 Å². The summed E-state index contributed by atoms with van der Waals surface area (Å²) in [6, 6.07) is 1.55. The summed E-state index contributed by atoms with van der Waals surface area (Å²) in [5.74, 6) is 2.72. The minimum absolute atomic E-state index is 0.626. The molecule has 1 aliphatic heterocycles. The fraction of sp³-hybridized carbons (Fsp3) is 0.944. The van der Waals surface area contributed by atoms with Gasteiger partial charge in [0.05, 0.1) is 0 Å². The maximum atomic E-state index is 4.89. The molecule has 0 bridgehead atoms. The van der Waals surface area contributed by atoms with Crippen molar-refractivity contribution in [3.05, 3.63) is 0 Å². The predicted octanol–water partition coefficient (Wildman–Crippen LogP) is 2.60. The minimum Gasteiger partial charge on any atom is -0.357 e. The second kappa shape index (κ2) is 7.67. The Morgan fingerprint density at radius 3 is 2.55 bits per heavy atom. The van der Waals surface area contributed by atoms with Crippen molar-refractivity contribution in [1.29, 1.82) is 0 Å². The first-order valence-electron chi connectivity index (χ1n) is 9.53. The van der Waals surface area contributed by atoms with E-state index in [0.29, 0.717) is 6.04 Å². The molecule has 3 fully saturated rings. The van der Waals surface area contributed by atoms with E-state index in [1.165, 1.54) is 58.0 Å². The topological polar surface area (TPSA) is 39.7 Å². The number of hydrogen-bond donors (Lipinski definition) is 2. The van der Waals surface area contributed by atoms with Crippen molar-refractivity contribution in [2.24, 2.45) is 16.8 Å². The van der Waals surface area contributed by atoms with Crippen LogP contribution in [0, 0.1) is 11.8 Å². The fourth-order valence-electron chi connectivity index (χ4n) is 3.92. The van der Waals surface area contributed by atoms with E-state index < -0.39 is 0 Å². The smallest absolute Gasteiger partial charge is 0.191 e. The van der Waals surface area contributed by atoms with Crippen molar-refractivity contribution in [3.63, 3.8) is 0 Å². The lowest BCUT2D eigenvalue weighted by molar-refractivity contribution is 0.315. The summed E-state index contributed by atoms with van der Waals surface area (Å²) in [5.41, 5.74) is 0. The van der Waals surface area contributed by atoms with E-state index in [0.717, 1.165) is 36.9 Å². The highest BCUT2D eigenvalue weighted by Crippen LogP contribution is 2.31. The summed E-state index contributed by atoms with van der Waals surface area (Å²) >= 11 is 0. The van der Waals surface area contributed by atoms with E-state index in [2.05, 4.69) is 29.4 Å². The first-order chi connectivity index (χ1) is 10.7. The Hall–Kier alpha value is -0.770. The van der Waals surface area contributed by atoms with Crippen LogP contribution >= 0.6 is 0 Å². The maximum Gasteiger partial charge on any atom is 0.191 e. The Labute approximate surface area is 136 Å². The molecular weight excluding hydrogens is 272 g/mol. The summed E-state index contributed by atoms with van der Waals surface area (Å²) < 4.78 is 0. The molecule has 0 spiro atoms. The third-order valence-corrected chi connectivity index (χ3v) is 5.59. The highest BCUT2D eigenvalue weighted by molar-refractivity contribution is 5.80. The van der Waals surface area contributed by atoms with Crippen LogP contribution in [0.5, 0.6) is 0 Å². The van der Waals surface area contributed by atoms with E-state index in [-0.39, 0.29) is 0 Å². The van der Waals surface area contributed by atoms with Gasteiger partial charge >= 0.3 is 0 Å². The quantitative estimate of drug-likeness (QED) is 0.606. The molecule has 0 aromatic heterocycles. The lowest BCUT2D eigenvalue weighted by atomic mass is 9.87. The number of nitrogens with zero attached hydrogens (tertiary/aromatic N) is 2. The van der Waals surface area contributed by atoms with Crippen LogP contribution in [0.1, 0.15) is 58.8 Å². The van der Waals surface area contributed by atoms with Gasteiger partial charge in [-0.25, -0.2) is 0 Å². The van der Waals surface area contributed by atoms with Gasteiger partial charge in [-0.3, -0.25) is 4.99 Å². The second-order valence-electron chi connectivity index (χ2n) is 7.70. The zero-order valence-electron chi connectivity index (χ0n) is 14.5. The molecule has 3 rings (SSSR count). The van der Waals surface area contributed by atoms with Gasteiger partial charge in [0.25, 0.3) is 0 Å². The number of nitrogens with one attached hydrogen (secondary N) is 2. The SMILES string of the molecule is CCNC(=NCC1CCN(C2CC2)C1)NC1CCC(C)CC1. The van der Waals surface area contributed by atoms with Crippen molar-refractivity contribution in [2.45, 2.75) is 70.9 Å². The monoisotopic (exact) mass is 306 g/mol. The maximum absolute atomic E-state index is 4.89. The summed E-state index contributed by atoms with van der Waals surface area (Å²) in [5, 5.41) is 7.11. The lowest BCUT2D eigenvalue weighted by Gasteiger charge is -2.28. The lowest BCUT2D eigenvalue weighted by Crippen LogP contribution is -2.45. The number of rotatable bonds is 5. The molecule has 4 heteroatoms. The van der Waals surface area contributed by atoms with E-state index >= 15 is 0 Å². The van der Waals surface area contributed by atoms with E-state index in [1.54, 1.807) is 0 Å². The van der Waals surface area contributed by atoms with Gasteiger partial charge in [0.15, 0.2) is 5.96 Å². The van der Waals surface area contributed by atoms with Crippen molar-refractivity contribution in [2.75, 3.05) is 26.2 Å². The molecule has 126 valence electrons. The number of guanidine groups is 1. The molecule has 0 radical (unpaired) electrons.